The van der Waals surface area contributed by atoms with Crippen molar-refractivity contribution in [3.05, 3.63) is 109 Å². The Morgan fingerprint density at radius 3 is 2.54 bits per heavy atom. The standard InChI is InChI=1S/C31H20FN7O2/c32-21-8-18(10-23(40)12-21)24-6-7-34-29-25(24)13-27(37-29)28-26-11-20(15-35-30(26)39-38-28)19-9-22(16-33-14-19)36-31(41)17-4-2-1-3-5-17/h1-16,40H,(H,34,37)(H,36,41)(H,35,38,39). The molecule has 0 unspecified atom stereocenters. The first-order valence-corrected chi connectivity index (χ1v) is 12.7. The number of fused-ring (bicyclic) bond motifs is 2. The molecule has 198 valence electrons. The molecule has 0 atom stereocenters. The molecule has 0 aliphatic heterocycles. The summed E-state index contributed by atoms with van der Waals surface area (Å²) >= 11 is 0. The molecule has 2 aromatic carbocycles. The van der Waals surface area contributed by atoms with Gasteiger partial charge in [-0.15, -0.1) is 0 Å². The maximum absolute atomic E-state index is 14.0. The van der Waals surface area contributed by atoms with Crippen molar-refractivity contribution in [1.82, 2.24) is 30.1 Å². The van der Waals surface area contributed by atoms with Crippen molar-refractivity contribution in [2.24, 2.45) is 0 Å². The van der Waals surface area contributed by atoms with Crippen molar-refractivity contribution in [2.45, 2.75) is 0 Å². The topological polar surface area (TPSA) is 132 Å². The monoisotopic (exact) mass is 541 g/mol. The summed E-state index contributed by atoms with van der Waals surface area (Å²) in [6.07, 6.45) is 6.63. The number of hydrogen-bond acceptors (Lipinski definition) is 6. The summed E-state index contributed by atoms with van der Waals surface area (Å²) in [5, 5.41) is 21.8. The van der Waals surface area contributed by atoms with E-state index in [1.165, 1.54) is 12.1 Å². The fourth-order valence-corrected chi connectivity index (χ4v) is 4.86. The molecule has 0 saturated heterocycles. The van der Waals surface area contributed by atoms with Crippen molar-refractivity contribution in [2.75, 3.05) is 5.32 Å². The van der Waals surface area contributed by atoms with Crippen LogP contribution in [0.5, 0.6) is 5.75 Å². The number of nitrogens with zero attached hydrogens (tertiary/aromatic N) is 4. The second-order valence-electron chi connectivity index (χ2n) is 9.48. The summed E-state index contributed by atoms with van der Waals surface area (Å²) in [6, 6.07) is 20.4. The lowest BCUT2D eigenvalue weighted by atomic mass is 10.0. The number of H-pyrrole nitrogens is 2. The first kappa shape index (κ1) is 24.2. The summed E-state index contributed by atoms with van der Waals surface area (Å²) < 4.78 is 14.0. The van der Waals surface area contributed by atoms with Crippen molar-refractivity contribution < 1.29 is 14.3 Å². The lowest BCUT2D eigenvalue weighted by molar-refractivity contribution is 0.102. The molecule has 0 radical (unpaired) electrons. The predicted octanol–water partition coefficient (Wildman–Crippen LogP) is 6.33. The summed E-state index contributed by atoms with van der Waals surface area (Å²) in [5.74, 6) is -0.915. The van der Waals surface area contributed by atoms with E-state index < -0.39 is 5.82 Å². The number of benzene rings is 2. The number of carbonyl (C=O) groups excluding carboxylic acids is 1. The Morgan fingerprint density at radius 1 is 0.829 bits per heavy atom. The number of hydrogen-bond donors (Lipinski definition) is 4. The van der Waals surface area contributed by atoms with Gasteiger partial charge < -0.3 is 15.4 Å². The molecule has 0 saturated carbocycles. The zero-order valence-corrected chi connectivity index (χ0v) is 21.3. The van der Waals surface area contributed by atoms with Crippen molar-refractivity contribution in [3.8, 4) is 39.4 Å². The normalized spacial score (nSPS) is 11.2. The van der Waals surface area contributed by atoms with Gasteiger partial charge in [0.15, 0.2) is 5.65 Å². The Bertz CT molecular complexity index is 2070. The third-order valence-electron chi connectivity index (χ3n) is 6.76. The van der Waals surface area contributed by atoms with Crippen LogP contribution in [0.3, 0.4) is 0 Å². The van der Waals surface area contributed by atoms with Gasteiger partial charge in [0.05, 0.1) is 17.6 Å². The largest absolute Gasteiger partial charge is 0.508 e. The fraction of sp³-hybridized carbons (Fsp3) is 0. The fourth-order valence-electron chi connectivity index (χ4n) is 4.86. The molecule has 5 aromatic heterocycles. The molecule has 0 spiro atoms. The molecule has 5 heterocycles. The Morgan fingerprint density at radius 2 is 1.68 bits per heavy atom. The summed E-state index contributed by atoms with van der Waals surface area (Å²) in [5.41, 5.74) is 6.40. The highest BCUT2D eigenvalue weighted by Crippen LogP contribution is 2.35. The summed E-state index contributed by atoms with van der Waals surface area (Å²) in [7, 11) is 0. The molecule has 0 aliphatic rings. The summed E-state index contributed by atoms with van der Waals surface area (Å²) in [6.45, 7) is 0. The minimum absolute atomic E-state index is 0.157. The molecular weight excluding hydrogens is 521 g/mol. The molecule has 7 aromatic rings. The zero-order valence-electron chi connectivity index (χ0n) is 21.3. The number of phenols is 1. The average Bonchev–Trinajstić information content (AvgIpc) is 3.61. The maximum Gasteiger partial charge on any atom is 0.255 e. The van der Waals surface area contributed by atoms with Gasteiger partial charge in [0.25, 0.3) is 5.91 Å². The van der Waals surface area contributed by atoms with E-state index in [9.17, 15) is 14.3 Å². The number of rotatable bonds is 5. The van der Waals surface area contributed by atoms with Crippen LogP contribution in [0.2, 0.25) is 0 Å². The highest BCUT2D eigenvalue weighted by Gasteiger charge is 2.16. The number of aromatic amines is 2. The predicted molar refractivity (Wildman–Crippen MR) is 154 cm³/mol. The Hall–Kier alpha value is -5.90. The van der Waals surface area contributed by atoms with E-state index in [1.54, 1.807) is 43.0 Å². The van der Waals surface area contributed by atoms with Gasteiger partial charge in [-0.3, -0.25) is 14.9 Å². The third kappa shape index (κ3) is 4.53. The second kappa shape index (κ2) is 9.69. The number of anilines is 1. The van der Waals surface area contributed by atoms with Crippen molar-refractivity contribution >= 4 is 33.7 Å². The Kier molecular flexibility index (Phi) is 5.71. The van der Waals surface area contributed by atoms with Crippen molar-refractivity contribution in [1.29, 1.82) is 0 Å². The molecule has 41 heavy (non-hydrogen) atoms. The van der Waals surface area contributed by atoms with Crippen LogP contribution in [-0.4, -0.2) is 41.1 Å². The SMILES string of the molecule is O=C(Nc1cncc(-c2cnc3[nH]nc(-c4cc5c(-c6cc(O)cc(F)c6)ccnc5[nH]4)c3c2)c1)c1ccccc1. The second-order valence-corrected chi connectivity index (χ2v) is 9.48. The summed E-state index contributed by atoms with van der Waals surface area (Å²) in [4.78, 5) is 29.2. The van der Waals surface area contributed by atoms with Crippen LogP contribution in [0.15, 0.2) is 97.6 Å². The van der Waals surface area contributed by atoms with Crippen LogP contribution in [0.1, 0.15) is 10.4 Å². The van der Waals surface area contributed by atoms with E-state index >= 15 is 0 Å². The average molecular weight is 542 g/mol. The molecule has 7 rings (SSSR count). The number of amides is 1. The highest BCUT2D eigenvalue weighted by atomic mass is 19.1. The van der Waals surface area contributed by atoms with Gasteiger partial charge in [0.2, 0.25) is 0 Å². The van der Waals surface area contributed by atoms with Crippen LogP contribution >= 0.6 is 0 Å². The number of phenolic OH excluding ortho intramolecular Hbond substituents is 1. The number of aromatic nitrogens is 6. The highest BCUT2D eigenvalue weighted by molar-refractivity contribution is 6.04. The molecule has 10 heteroatoms. The quantitative estimate of drug-likeness (QED) is 0.201. The van der Waals surface area contributed by atoms with Crippen LogP contribution in [-0.2, 0) is 0 Å². The van der Waals surface area contributed by atoms with E-state index in [0.717, 1.165) is 28.0 Å². The lowest BCUT2D eigenvalue weighted by Crippen LogP contribution is -2.11. The zero-order chi connectivity index (χ0) is 27.9. The third-order valence-corrected chi connectivity index (χ3v) is 6.76. The van der Waals surface area contributed by atoms with Crippen molar-refractivity contribution in [3.63, 3.8) is 0 Å². The van der Waals surface area contributed by atoms with Gasteiger partial charge in [-0.25, -0.2) is 14.4 Å². The van der Waals surface area contributed by atoms with Crippen LogP contribution < -0.4 is 5.32 Å². The number of carbonyl (C=O) groups is 1. The number of aromatic hydroxyl groups is 1. The molecule has 0 fully saturated rings. The number of pyridine rings is 3. The van der Waals surface area contributed by atoms with Gasteiger partial charge in [-0.05, 0) is 59.7 Å². The van der Waals surface area contributed by atoms with Gasteiger partial charge in [-0.1, -0.05) is 18.2 Å². The van der Waals surface area contributed by atoms with E-state index in [-0.39, 0.29) is 11.7 Å². The Balaban J connectivity index is 1.25. The lowest BCUT2D eigenvalue weighted by Gasteiger charge is -2.07. The van der Waals surface area contributed by atoms with Crippen LogP contribution in [0, 0.1) is 5.82 Å². The Labute approximate surface area is 231 Å². The van der Waals surface area contributed by atoms with Gasteiger partial charge >= 0.3 is 0 Å². The maximum atomic E-state index is 14.0. The number of halogens is 1. The molecule has 9 nitrogen and oxygen atoms in total. The molecule has 1 amide bonds. The van der Waals surface area contributed by atoms with Gasteiger partial charge in [0, 0.05) is 52.1 Å². The van der Waals surface area contributed by atoms with Gasteiger partial charge in [-0.2, -0.15) is 5.10 Å². The number of nitrogens with one attached hydrogen (secondary N) is 3. The molecule has 4 N–H and O–H groups in total. The first-order chi connectivity index (χ1) is 20.0. The van der Waals surface area contributed by atoms with Crippen LogP contribution in [0.25, 0.3) is 55.7 Å². The minimum atomic E-state index is -0.532. The smallest absolute Gasteiger partial charge is 0.255 e. The molecule has 0 bridgehead atoms. The van der Waals surface area contributed by atoms with Gasteiger partial charge in [0.1, 0.15) is 22.9 Å². The minimum Gasteiger partial charge on any atom is -0.508 e. The molecular formula is C31H20FN7O2. The van der Waals surface area contributed by atoms with E-state index in [0.29, 0.717) is 45.1 Å². The molecule has 0 aliphatic carbocycles. The first-order valence-electron chi connectivity index (χ1n) is 12.7. The van der Waals surface area contributed by atoms with E-state index in [2.05, 4.69) is 35.5 Å². The van der Waals surface area contributed by atoms with E-state index in [4.69, 9.17) is 0 Å². The van der Waals surface area contributed by atoms with E-state index in [1.807, 2.05) is 36.4 Å². The van der Waals surface area contributed by atoms with Crippen LogP contribution in [0.4, 0.5) is 10.1 Å².